The van der Waals surface area contributed by atoms with Crippen LogP contribution in [0.15, 0.2) is 24.3 Å². The summed E-state index contributed by atoms with van der Waals surface area (Å²) in [6.07, 6.45) is 0. The van der Waals surface area contributed by atoms with Gasteiger partial charge in [-0.2, -0.15) is 0 Å². The van der Waals surface area contributed by atoms with Crippen molar-refractivity contribution in [1.29, 1.82) is 0 Å². The largest absolute Gasteiger partial charge is 0.349 e. The van der Waals surface area contributed by atoms with Crippen molar-refractivity contribution in [1.82, 2.24) is 5.32 Å². The lowest BCUT2D eigenvalue weighted by atomic mass is 10.0. The number of Topliss-reactive ketones (excluding diaryl/α,β-unsaturated/α-hetero) is 1. The first-order valence-electron chi connectivity index (χ1n) is 4.98. The summed E-state index contributed by atoms with van der Waals surface area (Å²) in [6.45, 7) is 3.02. The van der Waals surface area contributed by atoms with Crippen molar-refractivity contribution in [2.75, 3.05) is 5.33 Å². The number of rotatable bonds is 4. The van der Waals surface area contributed by atoms with Gasteiger partial charge < -0.3 is 5.32 Å². The normalized spacial score (nSPS) is 11.9. The lowest BCUT2D eigenvalue weighted by Gasteiger charge is -2.15. The molecule has 1 aromatic rings. The predicted octanol–water partition coefficient (Wildman–Crippen LogP) is 2.46. The van der Waals surface area contributed by atoms with Crippen LogP contribution in [0.4, 0.5) is 0 Å². The number of amides is 1. The molecule has 0 aliphatic carbocycles. The molecule has 0 aliphatic heterocycles. The first-order chi connectivity index (χ1) is 7.54. The van der Waals surface area contributed by atoms with E-state index in [1.807, 2.05) is 12.1 Å². The summed E-state index contributed by atoms with van der Waals surface area (Å²) in [5, 5.41) is 3.47. The minimum atomic E-state index is -0.0694. The van der Waals surface area contributed by atoms with Crippen LogP contribution >= 0.6 is 15.9 Å². The van der Waals surface area contributed by atoms with Gasteiger partial charge >= 0.3 is 0 Å². The van der Waals surface area contributed by atoms with Gasteiger partial charge in [0.25, 0.3) is 0 Å². The van der Waals surface area contributed by atoms with Gasteiger partial charge in [-0.1, -0.05) is 40.2 Å². The van der Waals surface area contributed by atoms with Crippen molar-refractivity contribution >= 4 is 27.6 Å². The number of carbonyl (C=O) groups is 2. The summed E-state index contributed by atoms with van der Waals surface area (Å²) >= 11 is 3.35. The number of hydrogen-bond donors (Lipinski definition) is 1. The summed E-state index contributed by atoms with van der Waals surface area (Å²) in [4.78, 5) is 22.1. The molecule has 16 heavy (non-hydrogen) atoms. The van der Waals surface area contributed by atoms with Gasteiger partial charge in [-0.15, -0.1) is 0 Å². The van der Waals surface area contributed by atoms with E-state index in [2.05, 4.69) is 21.2 Å². The molecule has 1 N–H and O–H groups in total. The van der Waals surface area contributed by atoms with Crippen LogP contribution in [-0.4, -0.2) is 17.0 Å². The van der Waals surface area contributed by atoms with E-state index in [-0.39, 0.29) is 17.7 Å². The second kappa shape index (κ2) is 5.80. The average molecular weight is 284 g/mol. The van der Waals surface area contributed by atoms with Crippen LogP contribution in [0, 0.1) is 0 Å². The number of carbonyl (C=O) groups excluding carboxylic acids is 2. The number of ketones is 1. The first-order valence-corrected chi connectivity index (χ1v) is 6.10. The Balaban J connectivity index is 2.86. The molecule has 1 unspecified atom stereocenters. The number of nitrogens with one attached hydrogen (secondary N) is 1. The molecule has 0 saturated heterocycles. The Morgan fingerprint density at radius 3 is 2.19 bits per heavy atom. The molecule has 0 saturated carbocycles. The van der Waals surface area contributed by atoms with E-state index >= 15 is 0 Å². The zero-order valence-corrected chi connectivity index (χ0v) is 10.9. The van der Waals surface area contributed by atoms with Gasteiger partial charge in [-0.3, -0.25) is 9.59 Å². The fourth-order valence-corrected chi connectivity index (χ4v) is 1.94. The monoisotopic (exact) mass is 283 g/mol. The molecule has 0 radical (unpaired) electrons. The molecular formula is C12H14BrNO2. The van der Waals surface area contributed by atoms with Crippen LogP contribution in [0.25, 0.3) is 0 Å². The van der Waals surface area contributed by atoms with Crippen molar-refractivity contribution in [3.8, 4) is 0 Å². The molecule has 86 valence electrons. The van der Waals surface area contributed by atoms with Gasteiger partial charge in [-0.05, 0) is 12.5 Å². The minimum Gasteiger partial charge on any atom is -0.349 e. The van der Waals surface area contributed by atoms with Crippen LogP contribution in [0.5, 0.6) is 0 Å². The van der Waals surface area contributed by atoms with Crippen LogP contribution in [0.1, 0.15) is 35.8 Å². The number of halogens is 1. The highest BCUT2D eigenvalue weighted by molar-refractivity contribution is 9.09. The van der Waals surface area contributed by atoms with E-state index in [9.17, 15) is 9.59 Å². The molecule has 0 bridgehead atoms. The van der Waals surface area contributed by atoms with Gasteiger partial charge in [0.2, 0.25) is 5.91 Å². The summed E-state index contributed by atoms with van der Waals surface area (Å²) in [5.74, 6) is -0.0263. The Labute approximate surface area is 103 Å². The van der Waals surface area contributed by atoms with Crippen LogP contribution in [-0.2, 0) is 4.79 Å². The second-order valence-corrected chi connectivity index (χ2v) is 4.23. The van der Waals surface area contributed by atoms with E-state index in [0.717, 1.165) is 5.56 Å². The van der Waals surface area contributed by atoms with Crippen molar-refractivity contribution in [3.05, 3.63) is 35.4 Å². The zero-order valence-electron chi connectivity index (χ0n) is 9.29. The van der Waals surface area contributed by atoms with Gasteiger partial charge in [0.15, 0.2) is 5.78 Å². The fourth-order valence-electron chi connectivity index (χ4n) is 1.41. The maximum absolute atomic E-state index is 11.1. The van der Waals surface area contributed by atoms with E-state index in [1.54, 1.807) is 12.1 Å². The summed E-state index contributed by atoms with van der Waals surface area (Å²) in [7, 11) is 0. The second-order valence-electron chi connectivity index (χ2n) is 3.59. The Hall–Kier alpha value is -1.16. The van der Waals surface area contributed by atoms with E-state index in [4.69, 9.17) is 0 Å². The molecule has 3 nitrogen and oxygen atoms in total. The van der Waals surface area contributed by atoms with Crippen LogP contribution < -0.4 is 5.32 Å². The third-order valence-electron chi connectivity index (χ3n) is 2.25. The molecular weight excluding hydrogens is 270 g/mol. The van der Waals surface area contributed by atoms with Gasteiger partial charge in [0, 0.05) is 17.8 Å². The zero-order chi connectivity index (χ0) is 12.1. The summed E-state index contributed by atoms with van der Waals surface area (Å²) in [6, 6.07) is 7.21. The van der Waals surface area contributed by atoms with Gasteiger partial charge in [0.1, 0.15) is 0 Å². The summed E-state index contributed by atoms with van der Waals surface area (Å²) < 4.78 is 0. The summed E-state index contributed by atoms with van der Waals surface area (Å²) in [5.41, 5.74) is 1.66. The Kier molecular flexibility index (Phi) is 4.68. The van der Waals surface area contributed by atoms with Crippen molar-refractivity contribution in [2.45, 2.75) is 19.9 Å². The third-order valence-corrected chi connectivity index (χ3v) is 2.90. The van der Waals surface area contributed by atoms with Crippen LogP contribution in [0.3, 0.4) is 0 Å². The van der Waals surface area contributed by atoms with Gasteiger partial charge in [0.05, 0.1) is 6.04 Å². The Morgan fingerprint density at radius 1 is 1.25 bits per heavy atom. The van der Waals surface area contributed by atoms with Crippen molar-refractivity contribution in [3.63, 3.8) is 0 Å². The number of alkyl halides is 1. The Bertz CT molecular complexity index is 387. The molecule has 0 aliphatic rings. The highest BCUT2D eigenvalue weighted by atomic mass is 79.9. The fraction of sp³-hybridized carbons (Fsp3) is 0.333. The first kappa shape index (κ1) is 12.9. The lowest BCUT2D eigenvalue weighted by Crippen LogP contribution is -2.27. The van der Waals surface area contributed by atoms with Crippen LogP contribution in [0.2, 0.25) is 0 Å². The highest BCUT2D eigenvalue weighted by Crippen LogP contribution is 2.16. The van der Waals surface area contributed by atoms with Crippen molar-refractivity contribution < 1.29 is 9.59 Å². The molecule has 1 amide bonds. The van der Waals surface area contributed by atoms with Crippen molar-refractivity contribution in [2.24, 2.45) is 0 Å². The lowest BCUT2D eigenvalue weighted by molar-refractivity contribution is -0.119. The Morgan fingerprint density at radius 2 is 1.81 bits per heavy atom. The van der Waals surface area contributed by atoms with E-state index < -0.39 is 0 Å². The SMILES string of the molecule is CC(=O)NC(CBr)c1ccc(C(C)=O)cc1. The standard InChI is InChI=1S/C12H14BrNO2/c1-8(15)10-3-5-11(6-4-10)12(7-13)14-9(2)16/h3-6,12H,7H2,1-2H3,(H,14,16). The predicted molar refractivity (Wildman–Crippen MR) is 66.8 cm³/mol. The maximum atomic E-state index is 11.1. The third kappa shape index (κ3) is 3.45. The highest BCUT2D eigenvalue weighted by Gasteiger charge is 2.11. The molecule has 1 aromatic carbocycles. The van der Waals surface area contributed by atoms with E-state index in [1.165, 1.54) is 13.8 Å². The molecule has 4 heteroatoms. The maximum Gasteiger partial charge on any atom is 0.217 e. The quantitative estimate of drug-likeness (QED) is 0.682. The number of hydrogen-bond acceptors (Lipinski definition) is 2. The van der Waals surface area contributed by atoms with E-state index in [0.29, 0.717) is 10.9 Å². The molecule has 0 spiro atoms. The molecule has 1 atom stereocenters. The molecule has 0 aromatic heterocycles. The average Bonchev–Trinajstić information content (AvgIpc) is 2.25. The van der Waals surface area contributed by atoms with Gasteiger partial charge in [-0.25, -0.2) is 0 Å². The smallest absolute Gasteiger partial charge is 0.217 e. The number of benzene rings is 1. The molecule has 1 rings (SSSR count). The minimum absolute atomic E-state index is 0.0430. The topological polar surface area (TPSA) is 46.2 Å². The molecule has 0 fully saturated rings. The molecule has 0 heterocycles.